The van der Waals surface area contributed by atoms with E-state index in [-0.39, 0.29) is 11.9 Å². The van der Waals surface area contributed by atoms with Crippen LogP contribution in [0.15, 0.2) is 0 Å². The van der Waals surface area contributed by atoms with Gasteiger partial charge in [0.05, 0.1) is 19.3 Å². The fraction of sp³-hybridized carbons (Fsp3) is 0.963. The molecule has 0 N–H and O–H groups in total. The largest absolute Gasteiger partial charge is 0.466 e. The van der Waals surface area contributed by atoms with Crippen molar-refractivity contribution in [3.8, 4) is 0 Å². The molecule has 0 aromatic carbocycles. The first-order valence-electron chi connectivity index (χ1n) is 27.2. The third kappa shape index (κ3) is 37.4. The van der Waals surface area contributed by atoms with Gasteiger partial charge in [-0.05, 0) is 95.7 Å². The molecule has 6 nitrogen and oxygen atoms in total. The number of carbonyl (C=O) groups excluding carboxylic acids is 2. The SMILES string of the molecule is CCCCCC(CCCCC)CCOC(=O)CCCCCCCCC(CCCCCCCCC(=O)OCCC(CCCCC)CCCCC)OCCCCN1CCCCC1. The van der Waals surface area contributed by atoms with Gasteiger partial charge in [0.1, 0.15) is 0 Å². The van der Waals surface area contributed by atoms with Crippen molar-refractivity contribution in [1.29, 1.82) is 0 Å². The third-order valence-electron chi connectivity index (χ3n) is 13.4. The molecule has 0 aromatic rings. The van der Waals surface area contributed by atoms with Gasteiger partial charge in [0.2, 0.25) is 0 Å². The summed E-state index contributed by atoms with van der Waals surface area (Å²) in [5.74, 6) is 1.46. The van der Waals surface area contributed by atoms with Crippen LogP contribution in [0.3, 0.4) is 0 Å². The van der Waals surface area contributed by atoms with Crippen molar-refractivity contribution in [1.82, 2.24) is 4.90 Å². The average Bonchev–Trinajstić information content (AvgIpc) is 3.25. The highest BCUT2D eigenvalue weighted by atomic mass is 16.5. The minimum atomic E-state index is 0.0107. The number of unbranched alkanes of at least 4 members (excludes halogenated alkanes) is 19. The predicted octanol–water partition coefficient (Wildman–Crippen LogP) is 16.3. The second kappa shape index (κ2) is 44.5. The van der Waals surface area contributed by atoms with Gasteiger partial charge in [-0.3, -0.25) is 9.59 Å². The van der Waals surface area contributed by atoms with Crippen LogP contribution in [-0.4, -0.2) is 62.4 Å². The third-order valence-corrected chi connectivity index (χ3v) is 13.4. The number of hydrogen-bond donors (Lipinski definition) is 0. The summed E-state index contributed by atoms with van der Waals surface area (Å²) in [4.78, 5) is 27.5. The lowest BCUT2D eigenvalue weighted by Gasteiger charge is -2.26. The van der Waals surface area contributed by atoms with Crippen molar-refractivity contribution in [2.45, 2.75) is 284 Å². The summed E-state index contributed by atoms with van der Waals surface area (Å²) >= 11 is 0. The number of hydrogen-bond acceptors (Lipinski definition) is 6. The van der Waals surface area contributed by atoms with Crippen molar-refractivity contribution in [2.24, 2.45) is 11.8 Å². The Hall–Kier alpha value is -1.14. The summed E-state index contributed by atoms with van der Waals surface area (Å²) in [6, 6.07) is 0. The molecule has 1 heterocycles. The van der Waals surface area contributed by atoms with Crippen molar-refractivity contribution in [3.63, 3.8) is 0 Å². The Labute approximate surface area is 374 Å². The minimum Gasteiger partial charge on any atom is -0.466 e. The van der Waals surface area contributed by atoms with Gasteiger partial charge in [-0.25, -0.2) is 0 Å². The number of nitrogens with zero attached hydrogens (tertiary/aromatic N) is 1. The van der Waals surface area contributed by atoms with Crippen LogP contribution in [0.1, 0.15) is 278 Å². The molecule has 0 bridgehead atoms. The molecule has 0 saturated carbocycles. The zero-order chi connectivity index (χ0) is 43.4. The molecule has 1 saturated heterocycles. The quantitative estimate of drug-likeness (QED) is 0.0449. The standard InChI is InChI=1S/C54H105NO5/c1-5-9-22-34-50(35-23-10-6-2)42-48-59-53(56)40-28-19-15-13-17-26-38-52(58-47-33-32-46-55-44-30-21-31-45-55)39-27-18-14-16-20-29-41-54(57)60-49-43-51(36-24-11-7-3)37-25-12-8-4/h50-52H,5-49H2,1-4H3. The molecule has 0 aromatic heterocycles. The Balaban J connectivity index is 2.23. The predicted molar refractivity (Wildman–Crippen MR) is 258 cm³/mol. The second-order valence-electron chi connectivity index (χ2n) is 19.2. The van der Waals surface area contributed by atoms with Crippen LogP contribution in [0.2, 0.25) is 0 Å². The number of piperidine rings is 1. The molecule has 1 rings (SSSR count). The van der Waals surface area contributed by atoms with Crippen LogP contribution in [0.5, 0.6) is 0 Å². The molecule has 1 aliphatic rings. The van der Waals surface area contributed by atoms with Crippen LogP contribution < -0.4 is 0 Å². The van der Waals surface area contributed by atoms with Crippen molar-refractivity contribution >= 4 is 11.9 Å². The zero-order valence-electron chi connectivity index (χ0n) is 41.0. The van der Waals surface area contributed by atoms with Crippen molar-refractivity contribution < 1.29 is 23.8 Å². The van der Waals surface area contributed by atoms with E-state index in [2.05, 4.69) is 32.6 Å². The normalized spacial score (nSPS) is 13.6. The van der Waals surface area contributed by atoms with E-state index >= 15 is 0 Å². The molecule has 0 unspecified atom stereocenters. The van der Waals surface area contributed by atoms with E-state index in [0.29, 0.717) is 32.2 Å². The molecule has 0 amide bonds. The van der Waals surface area contributed by atoms with E-state index in [1.165, 1.54) is 219 Å². The topological polar surface area (TPSA) is 65.1 Å². The molecule has 0 radical (unpaired) electrons. The number of esters is 2. The van der Waals surface area contributed by atoms with Crippen LogP contribution in [0.4, 0.5) is 0 Å². The molecule has 1 aliphatic heterocycles. The number of rotatable bonds is 46. The monoisotopic (exact) mass is 848 g/mol. The van der Waals surface area contributed by atoms with Crippen LogP contribution in [0.25, 0.3) is 0 Å². The fourth-order valence-electron chi connectivity index (χ4n) is 9.30. The summed E-state index contributed by atoms with van der Waals surface area (Å²) in [6.07, 6.45) is 47.5. The van der Waals surface area contributed by atoms with Crippen molar-refractivity contribution in [3.05, 3.63) is 0 Å². The van der Waals surface area contributed by atoms with Gasteiger partial charge in [-0.2, -0.15) is 0 Å². The molecule has 0 spiro atoms. The van der Waals surface area contributed by atoms with E-state index in [4.69, 9.17) is 14.2 Å². The smallest absolute Gasteiger partial charge is 0.305 e. The molecule has 0 aliphatic carbocycles. The zero-order valence-corrected chi connectivity index (χ0v) is 41.0. The van der Waals surface area contributed by atoms with Gasteiger partial charge in [-0.15, -0.1) is 0 Å². The highest BCUT2D eigenvalue weighted by Gasteiger charge is 2.14. The van der Waals surface area contributed by atoms with Gasteiger partial charge in [0, 0.05) is 19.4 Å². The second-order valence-corrected chi connectivity index (χ2v) is 19.2. The van der Waals surface area contributed by atoms with E-state index in [1.54, 1.807) is 0 Å². The van der Waals surface area contributed by atoms with E-state index in [0.717, 1.165) is 57.0 Å². The Bertz CT molecular complexity index is 829. The lowest BCUT2D eigenvalue weighted by Crippen LogP contribution is -2.30. The lowest BCUT2D eigenvalue weighted by atomic mass is 9.92. The summed E-state index contributed by atoms with van der Waals surface area (Å²) in [5, 5.41) is 0. The van der Waals surface area contributed by atoms with Gasteiger partial charge < -0.3 is 19.1 Å². The van der Waals surface area contributed by atoms with Crippen molar-refractivity contribution in [2.75, 3.05) is 39.5 Å². The van der Waals surface area contributed by atoms with E-state index < -0.39 is 0 Å². The van der Waals surface area contributed by atoms with Gasteiger partial charge in [0.15, 0.2) is 0 Å². The molecule has 1 fully saturated rings. The highest BCUT2D eigenvalue weighted by molar-refractivity contribution is 5.69. The number of carbonyl (C=O) groups is 2. The van der Waals surface area contributed by atoms with Crippen LogP contribution >= 0.6 is 0 Å². The maximum atomic E-state index is 12.4. The first-order chi connectivity index (χ1) is 29.5. The Morgan fingerprint density at radius 2 is 0.783 bits per heavy atom. The van der Waals surface area contributed by atoms with Gasteiger partial charge in [0.25, 0.3) is 0 Å². The van der Waals surface area contributed by atoms with Gasteiger partial charge in [-0.1, -0.05) is 201 Å². The fourth-order valence-corrected chi connectivity index (χ4v) is 9.30. The molecule has 0 atom stereocenters. The Morgan fingerprint density at radius 1 is 0.400 bits per heavy atom. The molecular weight excluding hydrogens is 743 g/mol. The highest BCUT2D eigenvalue weighted by Crippen LogP contribution is 2.23. The number of likely N-dealkylation sites (tertiary alicyclic amines) is 1. The average molecular weight is 848 g/mol. The lowest BCUT2D eigenvalue weighted by molar-refractivity contribution is -0.145. The van der Waals surface area contributed by atoms with E-state index in [1.807, 2.05) is 0 Å². The summed E-state index contributed by atoms with van der Waals surface area (Å²) < 4.78 is 17.9. The Kier molecular flexibility index (Phi) is 42.2. The molecule has 6 heteroatoms. The molecular formula is C54H105NO5. The summed E-state index contributed by atoms with van der Waals surface area (Å²) in [7, 11) is 0. The maximum Gasteiger partial charge on any atom is 0.305 e. The number of ether oxygens (including phenoxy) is 3. The maximum absolute atomic E-state index is 12.4. The first-order valence-corrected chi connectivity index (χ1v) is 27.2. The van der Waals surface area contributed by atoms with Crippen LogP contribution in [0, 0.1) is 11.8 Å². The van der Waals surface area contributed by atoms with Crippen LogP contribution in [-0.2, 0) is 23.8 Å². The molecule has 356 valence electrons. The Morgan fingerprint density at radius 3 is 1.20 bits per heavy atom. The first kappa shape index (κ1) is 56.9. The molecule has 60 heavy (non-hydrogen) atoms. The van der Waals surface area contributed by atoms with Gasteiger partial charge >= 0.3 is 11.9 Å². The summed E-state index contributed by atoms with van der Waals surface area (Å²) in [6.45, 7) is 15.0. The summed E-state index contributed by atoms with van der Waals surface area (Å²) in [5.41, 5.74) is 0. The van der Waals surface area contributed by atoms with E-state index in [9.17, 15) is 9.59 Å². The minimum absolute atomic E-state index is 0.0107.